The highest BCUT2D eigenvalue weighted by Crippen LogP contribution is 2.22. The molecule has 0 bridgehead atoms. The molecule has 0 saturated heterocycles. The average Bonchev–Trinajstić information content (AvgIpc) is 2.35. The van der Waals surface area contributed by atoms with Crippen LogP contribution in [0.1, 0.15) is 18.5 Å². The summed E-state index contributed by atoms with van der Waals surface area (Å²) in [5, 5.41) is 13.0. The lowest BCUT2D eigenvalue weighted by Crippen LogP contribution is -2.36. The zero-order valence-electron chi connectivity index (χ0n) is 12.0. The van der Waals surface area contributed by atoms with E-state index < -0.39 is 6.10 Å². The molecule has 2 N–H and O–H groups in total. The van der Waals surface area contributed by atoms with E-state index in [1.165, 1.54) is 13.2 Å². The van der Waals surface area contributed by atoms with E-state index in [0.717, 1.165) is 5.56 Å². The van der Waals surface area contributed by atoms with Gasteiger partial charge in [-0.1, -0.05) is 6.07 Å². The van der Waals surface area contributed by atoms with Crippen LogP contribution in [-0.4, -0.2) is 50.4 Å². The molecule has 19 heavy (non-hydrogen) atoms. The van der Waals surface area contributed by atoms with Gasteiger partial charge in [0.1, 0.15) is 0 Å². The molecule has 1 rings (SSSR count). The number of aliphatic hydroxyl groups excluding tert-OH is 1. The van der Waals surface area contributed by atoms with Gasteiger partial charge in [-0.3, -0.25) is 0 Å². The molecular weight excluding hydrogens is 247 g/mol. The molecule has 0 fully saturated rings. The number of rotatable bonds is 7. The van der Waals surface area contributed by atoms with E-state index in [1.54, 1.807) is 12.1 Å². The van der Waals surface area contributed by atoms with Crippen LogP contribution in [0.25, 0.3) is 0 Å². The molecule has 0 amide bonds. The SMILES string of the molecule is COc1cc(C(C)NCC(O)CN(C)C)ccc1F. The van der Waals surface area contributed by atoms with Gasteiger partial charge in [0.05, 0.1) is 13.2 Å². The third-order valence-electron chi connectivity index (χ3n) is 2.91. The number of methoxy groups -OCH3 is 1. The molecule has 4 nitrogen and oxygen atoms in total. The van der Waals surface area contributed by atoms with Crippen molar-refractivity contribution in [2.24, 2.45) is 0 Å². The van der Waals surface area contributed by atoms with E-state index in [-0.39, 0.29) is 17.6 Å². The summed E-state index contributed by atoms with van der Waals surface area (Å²) in [6.07, 6.45) is -0.431. The predicted octanol–water partition coefficient (Wildman–Crippen LogP) is 1.41. The second-order valence-corrected chi connectivity index (χ2v) is 4.94. The van der Waals surface area contributed by atoms with Gasteiger partial charge < -0.3 is 20.1 Å². The first-order chi connectivity index (χ1) is 8.93. The van der Waals surface area contributed by atoms with E-state index in [4.69, 9.17) is 4.74 Å². The minimum Gasteiger partial charge on any atom is -0.494 e. The lowest BCUT2D eigenvalue weighted by atomic mass is 10.1. The third-order valence-corrected chi connectivity index (χ3v) is 2.91. The van der Waals surface area contributed by atoms with Crippen molar-refractivity contribution in [1.29, 1.82) is 0 Å². The molecule has 0 aliphatic heterocycles. The van der Waals surface area contributed by atoms with E-state index in [9.17, 15) is 9.50 Å². The Bertz CT molecular complexity index is 399. The van der Waals surface area contributed by atoms with Crippen LogP contribution in [0.3, 0.4) is 0 Å². The van der Waals surface area contributed by atoms with Gasteiger partial charge in [0.15, 0.2) is 11.6 Å². The van der Waals surface area contributed by atoms with Crippen molar-refractivity contribution in [2.45, 2.75) is 19.1 Å². The first-order valence-corrected chi connectivity index (χ1v) is 6.33. The number of benzene rings is 1. The van der Waals surface area contributed by atoms with Gasteiger partial charge in [0.25, 0.3) is 0 Å². The first kappa shape index (κ1) is 15.9. The molecular formula is C14H23FN2O2. The van der Waals surface area contributed by atoms with Crippen molar-refractivity contribution >= 4 is 0 Å². The van der Waals surface area contributed by atoms with Crippen LogP contribution in [0.2, 0.25) is 0 Å². The molecule has 0 saturated carbocycles. The Morgan fingerprint density at radius 2 is 2.11 bits per heavy atom. The maximum Gasteiger partial charge on any atom is 0.165 e. The molecule has 1 aromatic carbocycles. The Morgan fingerprint density at radius 3 is 2.68 bits per heavy atom. The molecule has 0 aromatic heterocycles. The van der Waals surface area contributed by atoms with Crippen LogP contribution < -0.4 is 10.1 Å². The van der Waals surface area contributed by atoms with Crippen molar-refractivity contribution in [1.82, 2.24) is 10.2 Å². The molecule has 0 heterocycles. The van der Waals surface area contributed by atoms with Crippen molar-refractivity contribution in [3.8, 4) is 5.75 Å². The Hall–Kier alpha value is -1.17. The highest BCUT2D eigenvalue weighted by molar-refractivity contribution is 5.31. The van der Waals surface area contributed by atoms with Gasteiger partial charge in [-0.05, 0) is 38.7 Å². The van der Waals surface area contributed by atoms with Crippen LogP contribution in [0, 0.1) is 5.82 Å². The second kappa shape index (κ2) is 7.43. The van der Waals surface area contributed by atoms with E-state index in [2.05, 4.69) is 5.32 Å². The summed E-state index contributed by atoms with van der Waals surface area (Å²) in [4.78, 5) is 1.93. The summed E-state index contributed by atoms with van der Waals surface area (Å²) in [6, 6.07) is 4.80. The van der Waals surface area contributed by atoms with Crippen LogP contribution >= 0.6 is 0 Å². The zero-order chi connectivity index (χ0) is 14.4. The maximum atomic E-state index is 13.3. The Morgan fingerprint density at radius 1 is 1.42 bits per heavy atom. The van der Waals surface area contributed by atoms with Gasteiger partial charge in [-0.2, -0.15) is 0 Å². The highest BCUT2D eigenvalue weighted by Gasteiger charge is 2.11. The Kier molecular flexibility index (Phi) is 6.21. The standard InChI is InChI=1S/C14H23FN2O2/c1-10(16-8-12(18)9-17(2)3)11-5-6-13(15)14(7-11)19-4/h5-7,10,12,16,18H,8-9H2,1-4H3. The van der Waals surface area contributed by atoms with Crippen LogP contribution in [-0.2, 0) is 0 Å². The number of halogens is 1. The molecule has 108 valence electrons. The fraction of sp³-hybridized carbons (Fsp3) is 0.571. The van der Waals surface area contributed by atoms with E-state index >= 15 is 0 Å². The number of nitrogens with one attached hydrogen (secondary N) is 1. The van der Waals surface area contributed by atoms with Crippen molar-refractivity contribution < 1.29 is 14.2 Å². The molecule has 0 aliphatic rings. The van der Waals surface area contributed by atoms with Crippen LogP contribution in [0.5, 0.6) is 5.75 Å². The van der Waals surface area contributed by atoms with Gasteiger partial charge in [-0.15, -0.1) is 0 Å². The van der Waals surface area contributed by atoms with Gasteiger partial charge in [-0.25, -0.2) is 4.39 Å². The van der Waals surface area contributed by atoms with Gasteiger partial charge in [0, 0.05) is 19.1 Å². The summed E-state index contributed by atoms with van der Waals surface area (Å²) < 4.78 is 18.3. The predicted molar refractivity (Wildman–Crippen MR) is 73.9 cm³/mol. The number of ether oxygens (including phenoxy) is 1. The number of nitrogens with zero attached hydrogens (tertiary/aromatic N) is 1. The summed E-state index contributed by atoms with van der Waals surface area (Å²) in [6.45, 7) is 3.06. The van der Waals surface area contributed by atoms with E-state index in [1.807, 2.05) is 25.9 Å². The molecule has 0 radical (unpaired) electrons. The zero-order valence-corrected chi connectivity index (χ0v) is 12.0. The van der Waals surface area contributed by atoms with Crippen molar-refractivity contribution in [3.63, 3.8) is 0 Å². The Balaban J connectivity index is 2.56. The minimum absolute atomic E-state index is 0.0197. The molecule has 2 atom stereocenters. The molecule has 0 spiro atoms. The molecule has 1 aromatic rings. The first-order valence-electron chi connectivity index (χ1n) is 6.33. The third kappa shape index (κ3) is 5.14. The summed E-state index contributed by atoms with van der Waals surface area (Å²) in [5.41, 5.74) is 0.926. The number of likely N-dealkylation sites (N-methyl/N-ethyl adjacent to an activating group) is 1. The molecule has 5 heteroatoms. The summed E-state index contributed by atoms with van der Waals surface area (Å²) in [7, 11) is 5.27. The Labute approximate surface area is 114 Å². The minimum atomic E-state index is -0.431. The molecule has 2 unspecified atom stereocenters. The fourth-order valence-electron chi connectivity index (χ4n) is 1.86. The van der Waals surface area contributed by atoms with Crippen LogP contribution in [0.4, 0.5) is 4.39 Å². The molecule has 0 aliphatic carbocycles. The number of hydrogen-bond acceptors (Lipinski definition) is 4. The number of hydrogen-bond donors (Lipinski definition) is 2. The van der Waals surface area contributed by atoms with Crippen molar-refractivity contribution in [3.05, 3.63) is 29.6 Å². The van der Waals surface area contributed by atoms with Gasteiger partial charge >= 0.3 is 0 Å². The lowest BCUT2D eigenvalue weighted by Gasteiger charge is -2.20. The van der Waals surface area contributed by atoms with E-state index in [0.29, 0.717) is 13.1 Å². The normalized spacial score (nSPS) is 14.5. The lowest BCUT2D eigenvalue weighted by molar-refractivity contribution is 0.132. The second-order valence-electron chi connectivity index (χ2n) is 4.94. The van der Waals surface area contributed by atoms with Crippen LogP contribution in [0.15, 0.2) is 18.2 Å². The highest BCUT2D eigenvalue weighted by atomic mass is 19.1. The monoisotopic (exact) mass is 270 g/mol. The van der Waals surface area contributed by atoms with Gasteiger partial charge in [0.2, 0.25) is 0 Å². The maximum absolute atomic E-state index is 13.3. The smallest absolute Gasteiger partial charge is 0.165 e. The topological polar surface area (TPSA) is 44.7 Å². The summed E-state index contributed by atoms with van der Waals surface area (Å²) in [5.74, 6) is -0.133. The quantitative estimate of drug-likeness (QED) is 0.786. The average molecular weight is 270 g/mol. The number of aliphatic hydroxyl groups is 1. The fourth-order valence-corrected chi connectivity index (χ4v) is 1.86. The van der Waals surface area contributed by atoms with Crippen molar-refractivity contribution in [2.75, 3.05) is 34.3 Å². The largest absolute Gasteiger partial charge is 0.494 e. The summed E-state index contributed by atoms with van der Waals surface area (Å²) >= 11 is 0.